The first-order valence-corrected chi connectivity index (χ1v) is 7.97. The van der Waals surface area contributed by atoms with Crippen molar-refractivity contribution in [2.24, 2.45) is 0 Å². The lowest BCUT2D eigenvalue weighted by Crippen LogP contribution is -2.19. The molecule has 2 N–H and O–H groups in total. The first kappa shape index (κ1) is 16.8. The Morgan fingerprint density at radius 1 is 1.00 bits per heavy atom. The Hall–Kier alpha value is -1.55. The van der Waals surface area contributed by atoms with Crippen molar-refractivity contribution >= 4 is 11.6 Å². The second-order valence-electron chi connectivity index (χ2n) is 5.20. The smallest absolute Gasteiger partial charge is 0.120 e. The highest BCUT2D eigenvalue weighted by atomic mass is 35.5. The molecule has 0 saturated heterocycles. The third-order valence-electron chi connectivity index (χ3n) is 3.30. The largest absolute Gasteiger partial charge is 0.489 e. The molecule has 2 rings (SSSR count). The highest BCUT2D eigenvalue weighted by molar-refractivity contribution is 6.30. The zero-order valence-electron chi connectivity index (χ0n) is 12.9. The van der Waals surface area contributed by atoms with Gasteiger partial charge in [0.1, 0.15) is 12.4 Å². The van der Waals surface area contributed by atoms with Gasteiger partial charge >= 0.3 is 0 Å². The van der Waals surface area contributed by atoms with Crippen LogP contribution in [0.1, 0.15) is 17.5 Å². The Labute approximate surface area is 137 Å². The van der Waals surface area contributed by atoms with Crippen LogP contribution in [-0.4, -0.2) is 20.1 Å². The van der Waals surface area contributed by atoms with E-state index >= 15 is 0 Å². The first-order valence-electron chi connectivity index (χ1n) is 7.59. The summed E-state index contributed by atoms with van der Waals surface area (Å²) in [5.74, 6) is 0.884. The molecule has 0 unspecified atom stereocenters. The first-order chi connectivity index (χ1) is 10.8. The molecule has 0 amide bonds. The Balaban J connectivity index is 1.80. The van der Waals surface area contributed by atoms with Crippen LogP contribution in [0.15, 0.2) is 48.5 Å². The fourth-order valence-corrected chi connectivity index (χ4v) is 2.37. The summed E-state index contributed by atoms with van der Waals surface area (Å²) in [6, 6.07) is 15.9. The van der Waals surface area contributed by atoms with Gasteiger partial charge in [0.05, 0.1) is 0 Å². The van der Waals surface area contributed by atoms with E-state index < -0.39 is 0 Å². The van der Waals surface area contributed by atoms with Gasteiger partial charge in [-0.3, -0.25) is 0 Å². The zero-order valence-corrected chi connectivity index (χ0v) is 13.7. The normalized spacial score (nSPS) is 10.6. The molecule has 0 aliphatic carbocycles. The molecule has 2 aromatic carbocycles. The van der Waals surface area contributed by atoms with Gasteiger partial charge in [-0.1, -0.05) is 35.9 Å². The molecule has 22 heavy (non-hydrogen) atoms. The Kier molecular flexibility index (Phi) is 7.23. The second kappa shape index (κ2) is 9.46. The molecule has 118 valence electrons. The van der Waals surface area contributed by atoms with E-state index in [4.69, 9.17) is 16.3 Å². The molecule has 0 aromatic heterocycles. The second-order valence-corrected chi connectivity index (χ2v) is 5.64. The molecule has 0 saturated carbocycles. The van der Waals surface area contributed by atoms with E-state index in [0.717, 1.165) is 42.4 Å². The molecule has 0 aliphatic heterocycles. The van der Waals surface area contributed by atoms with E-state index in [1.807, 2.05) is 43.4 Å². The van der Waals surface area contributed by atoms with Crippen LogP contribution in [0.5, 0.6) is 5.75 Å². The predicted octanol–water partition coefficient (Wildman–Crippen LogP) is 3.62. The van der Waals surface area contributed by atoms with Crippen LogP contribution in [0.4, 0.5) is 0 Å². The molecule has 3 nitrogen and oxygen atoms in total. The number of ether oxygens (including phenoxy) is 1. The third kappa shape index (κ3) is 6.06. The van der Waals surface area contributed by atoms with Crippen molar-refractivity contribution in [1.29, 1.82) is 0 Å². The highest BCUT2D eigenvalue weighted by Gasteiger charge is 1.99. The number of benzene rings is 2. The molecule has 0 atom stereocenters. The summed E-state index contributed by atoms with van der Waals surface area (Å²) in [5.41, 5.74) is 2.30. The predicted molar refractivity (Wildman–Crippen MR) is 92.5 cm³/mol. The van der Waals surface area contributed by atoms with Gasteiger partial charge in [-0.2, -0.15) is 0 Å². The van der Waals surface area contributed by atoms with Gasteiger partial charge < -0.3 is 15.4 Å². The molecule has 0 heterocycles. The molecule has 0 fully saturated rings. The van der Waals surface area contributed by atoms with Crippen molar-refractivity contribution in [3.05, 3.63) is 64.7 Å². The maximum atomic E-state index is 5.98. The van der Waals surface area contributed by atoms with E-state index in [2.05, 4.69) is 22.8 Å². The van der Waals surface area contributed by atoms with Gasteiger partial charge in [0.2, 0.25) is 0 Å². The van der Waals surface area contributed by atoms with Crippen LogP contribution in [0.2, 0.25) is 5.02 Å². The summed E-state index contributed by atoms with van der Waals surface area (Å²) in [6.45, 7) is 3.43. The minimum atomic E-state index is 0.527. The summed E-state index contributed by atoms with van der Waals surface area (Å²) in [6.07, 6.45) is 1.13. The molecule has 0 aliphatic rings. The quantitative estimate of drug-likeness (QED) is 0.693. The van der Waals surface area contributed by atoms with Crippen molar-refractivity contribution in [3.63, 3.8) is 0 Å². The molecule has 2 aromatic rings. The van der Waals surface area contributed by atoms with Crippen molar-refractivity contribution < 1.29 is 4.74 Å². The maximum Gasteiger partial charge on any atom is 0.120 e. The average Bonchev–Trinajstić information content (AvgIpc) is 2.53. The number of nitrogens with one attached hydrogen (secondary N) is 2. The van der Waals surface area contributed by atoms with Crippen LogP contribution < -0.4 is 15.4 Å². The van der Waals surface area contributed by atoms with Crippen LogP contribution >= 0.6 is 11.6 Å². The highest BCUT2D eigenvalue weighted by Crippen LogP contribution is 2.17. The van der Waals surface area contributed by atoms with Crippen molar-refractivity contribution in [1.82, 2.24) is 10.6 Å². The van der Waals surface area contributed by atoms with E-state index in [0.29, 0.717) is 6.61 Å². The lowest BCUT2D eigenvalue weighted by Gasteiger charge is -2.09. The number of halogens is 1. The lowest BCUT2D eigenvalue weighted by atomic mass is 10.2. The van der Waals surface area contributed by atoms with Gasteiger partial charge in [0.15, 0.2) is 0 Å². The molecule has 0 spiro atoms. The summed E-state index contributed by atoms with van der Waals surface area (Å²) in [4.78, 5) is 0. The van der Waals surface area contributed by atoms with Gasteiger partial charge in [-0.05, 0) is 62.0 Å². The SMILES string of the molecule is CNCCCNCc1cccc(OCc2cccc(Cl)c2)c1. The standard InChI is InChI=1S/C18H23ClN2O/c1-20-9-4-10-21-13-15-5-3-8-18(12-15)22-14-16-6-2-7-17(19)11-16/h2-3,5-8,11-12,20-21H,4,9-10,13-14H2,1H3. The summed E-state index contributed by atoms with van der Waals surface area (Å²) < 4.78 is 5.84. The van der Waals surface area contributed by atoms with Crippen molar-refractivity contribution in [2.75, 3.05) is 20.1 Å². The van der Waals surface area contributed by atoms with Gasteiger partial charge in [-0.15, -0.1) is 0 Å². The fraction of sp³-hybridized carbons (Fsp3) is 0.333. The lowest BCUT2D eigenvalue weighted by molar-refractivity contribution is 0.306. The molecular formula is C18H23ClN2O. The molecule has 4 heteroatoms. The summed E-state index contributed by atoms with van der Waals surface area (Å²) >= 11 is 5.98. The fourth-order valence-electron chi connectivity index (χ4n) is 2.16. The molecule has 0 radical (unpaired) electrons. The number of hydrogen-bond acceptors (Lipinski definition) is 3. The van der Waals surface area contributed by atoms with Crippen molar-refractivity contribution in [3.8, 4) is 5.75 Å². The molecular weight excluding hydrogens is 296 g/mol. The third-order valence-corrected chi connectivity index (χ3v) is 3.54. The summed E-state index contributed by atoms with van der Waals surface area (Å²) in [5, 5.41) is 7.31. The minimum Gasteiger partial charge on any atom is -0.489 e. The van der Waals surface area contributed by atoms with E-state index in [1.54, 1.807) is 0 Å². The van der Waals surface area contributed by atoms with Crippen LogP contribution in [0.3, 0.4) is 0 Å². The zero-order chi connectivity index (χ0) is 15.6. The molecule has 0 bridgehead atoms. The Bertz CT molecular complexity index is 575. The Morgan fingerprint density at radius 3 is 2.64 bits per heavy atom. The monoisotopic (exact) mass is 318 g/mol. The van der Waals surface area contributed by atoms with Gasteiger partial charge in [0.25, 0.3) is 0 Å². The number of rotatable bonds is 9. The van der Waals surface area contributed by atoms with Gasteiger partial charge in [-0.25, -0.2) is 0 Å². The van der Waals surface area contributed by atoms with Crippen molar-refractivity contribution in [2.45, 2.75) is 19.6 Å². The van der Waals surface area contributed by atoms with Crippen LogP contribution in [0.25, 0.3) is 0 Å². The van der Waals surface area contributed by atoms with E-state index in [9.17, 15) is 0 Å². The minimum absolute atomic E-state index is 0.527. The van der Waals surface area contributed by atoms with Crippen LogP contribution in [0, 0.1) is 0 Å². The van der Waals surface area contributed by atoms with E-state index in [1.165, 1.54) is 5.56 Å². The summed E-state index contributed by atoms with van der Waals surface area (Å²) in [7, 11) is 1.97. The topological polar surface area (TPSA) is 33.3 Å². The number of hydrogen-bond donors (Lipinski definition) is 2. The average molecular weight is 319 g/mol. The Morgan fingerprint density at radius 2 is 1.82 bits per heavy atom. The maximum absolute atomic E-state index is 5.98. The van der Waals surface area contributed by atoms with Crippen LogP contribution in [-0.2, 0) is 13.2 Å². The van der Waals surface area contributed by atoms with E-state index in [-0.39, 0.29) is 0 Å². The van der Waals surface area contributed by atoms with Gasteiger partial charge in [0, 0.05) is 11.6 Å².